The van der Waals surface area contributed by atoms with E-state index in [-0.39, 0.29) is 17.5 Å². The van der Waals surface area contributed by atoms with Crippen molar-refractivity contribution in [2.45, 2.75) is 12.5 Å². The molecule has 0 spiro atoms. The first-order valence-corrected chi connectivity index (χ1v) is 6.95. The highest BCUT2D eigenvalue weighted by atomic mass is 32.2. The molecule has 5 nitrogen and oxygen atoms in total. The molecule has 0 saturated carbocycles. The maximum Gasteiger partial charge on any atom is 0.335 e. The van der Waals surface area contributed by atoms with E-state index in [1.807, 2.05) is 6.26 Å². The van der Waals surface area contributed by atoms with Crippen molar-refractivity contribution in [1.29, 1.82) is 0 Å². The van der Waals surface area contributed by atoms with Gasteiger partial charge in [-0.15, -0.1) is 0 Å². The fourth-order valence-electron chi connectivity index (χ4n) is 1.82. The molecule has 0 bridgehead atoms. The number of carbonyl (C=O) groups excluding carboxylic acids is 1. The summed E-state index contributed by atoms with van der Waals surface area (Å²) < 4.78 is 0. The van der Waals surface area contributed by atoms with E-state index in [0.29, 0.717) is 17.8 Å². The van der Waals surface area contributed by atoms with E-state index >= 15 is 0 Å². The Morgan fingerprint density at radius 3 is 2.89 bits per heavy atom. The highest BCUT2D eigenvalue weighted by Crippen LogP contribution is 2.28. The number of benzene rings is 1. The number of carboxylic acids is 1. The highest BCUT2D eigenvalue weighted by Gasteiger charge is 2.25. The van der Waals surface area contributed by atoms with Crippen LogP contribution in [0.1, 0.15) is 16.8 Å². The summed E-state index contributed by atoms with van der Waals surface area (Å²) in [5.41, 5.74) is 1.51. The lowest BCUT2D eigenvalue weighted by Crippen LogP contribution is -2.39. The second kappa shape index (κ2) is 5.30. The van der Waals surface area contributed by atoms with Crippen molar-refractivity contribution in [2.24, 2.45) is 0 Å². The molecule has 18 heavy (non-hydrogen) atoms. The van der Waals surface area contributed by atoms with Crippen LogP contribution in [0.15, 0.2) is 18.2 Å². The Bertz CT molecular complexity index is 490. The van der Waals surface area contributed by atoms with Crippen molar-refractivity contribution in [3.8, 4) is 0 Å². The zero-order chi connectivity index (χ0) is 13.1. The number of aromatic carboxylic acids is 1. The van der Waals surface area contributed by atoms with Gasteiger partial charge in [0.1, 0.15) is 6.04 Å². The first-order valence-electron chi connectivity index (χ1n) is 5.55. The maximum atomic E-state index is 11.8. The number of carbonyl (C=O) groups is 2. The van der Waals surface area contributed by atoms with E-state index in [9.17, 15) is 9.59 Å². The predicted molar refractivity (Wildman–Crippen MR) is 72.4 cm³/mol. The summed E-state index contributed by atoms with van der Waals surface area (Å²) in [5, 5.41) is 14.8. The third-order valence-corrected chi connectivity index (χ3v) is 3.43. The number of fused-ring (bicyclic) bond motifs is 1. The topological polar surface area (TPSA) is 78.4 Å². The molecule has 1 aromatic carbocycles. The van der Waals surface area contributed by atoms with Crippen molar-refractivity contribution < 1.29 is 14.7 Å². The lowest BCUT2D eigenvalue weighted by Gasteiger charge is -2.26. The summed E-state index contributed by atoms with van der Waals surface area (Å²) >= 11 is 1.67. The van der Waals surface area contributed by atoms with Crippen LogP contribution in [0.25, 0.3) is 0 Å². The van der Waals surface area contributed by atoms with Gasteiger partial charge in [0.05, 0.1) is 16.9 Å². The average molecular weight is 266 g/mol. The number of hydrogen-bond donors (Lipinski definition) is 3. The van der Waals surface area contributed by atoms with Crippen LogP contribution in [0.4, 0.5) is 11.4 Å². The van der Waals surface area contributed by atoms with Gasteiger partial charge in [0.2, 0.25) is 5.91 Å². The monoisotopic (exact) mass is 266 g/mol. The molecule has 0 fully saturated rings. The number of carboxylic acid groups (broad SMARTS) is 1. The molecule has 2 rings (SSSR count). The SMILES string of the molecule is CSCCC1Nc2cc(C(=O)O)ccc2NC1=O. The summed E-state index contributed by atoms with van der Waals surface area (Å²) in [4.78, 5) is 22.7. The normalized spacial score (nSPS) is 17.6. The molecule has 1 aliphatic rings. The lowest BCUT2D eigenvalue weighted by molar-refractivity contribution is -0.117. The third kappa shape index (κ3) is 2.59. The van der Waals surface area contributed by atoms with E-state index in [1.165, 1.54) is 6.07 Å². The van der Waals surface area contributed by atoms with Crippen LogP contribution in [-0.4, -0.2) is 35.0 Å². The van der Waals surface area contributed by atoms with Gasteiger partial charge < -0.3 is 15.7 Å². The highest BCUT2D eigenvalue weighted by molar-refractivity contribution is 7.98. The zero-order valence-electron chi connectivity index (χ0n) is 9.90. The fraction of sp³-hybridized carbons (Fsp3) is 0.333. The van der Waals surface area contributed by atoms with Gasteiger partial charge >= 0.3 is 5.97 Å². The minimum Gasteiger partial charge on any atom is -0.478 e. The largest absolute Gasteiger partial charge is 0.478 e. The van der Waals surface area contributed by atoms with Gasteiger partial charge in [-0.05, 0) is 36.6 Å². The molecule has 6 heteroatoms. The van der Waals surface area contributed by atoms with Crippen LogP contribution < -0.4 is 10.6 Å². The van der Waals surface area contributed by atoms with Crippen molar-refractivity contribution in [1.82, 2.24) is 0 Å². The predicted octanol–water partition coefficient (Wildman–Crippen LogP) is 1.87. The fourth-order valence-corrected chi connectivity index (χ4v) is 2.29. The van der Waals surface area contributed by atoms with Gasteiger partial charge in [0.15, 0.2) is 0 Å². The Morgan fingerprint density at radius 1 is 1.44 bits per heavy atom. The second-order valence-corrected chi connectivity index (χ2v) is 5.02. The molecule has 1 aliphatic heterocycles. The van der Waals surface area contributed by atoms with E-state index < -0.39 is 5.97 Å². The molecular weight excluding hydrogens is 252 g/mol. The van der Waals surface area contributed by atoms with E-state index in [0.717, 1.165) is 5.75 Å². The summed E-state index contributed by atoms with van der Waals surface area (Å²) in [6, 6.07) is 4.33. The van der Waals surface area contributed by atoms with Crippen molar-refractivity contribution >= 4 is 35.0 Å². The van der Waals surface area contributed by atoms with Crippen LogP contribution in [0, 0.1) is 0 Å². The molecule has 1 heterocycles. The third-order valence-electron chi connectivity index (χ3n) is 2.78. The lowest BCUT2D eigenvalue weighted by atomic mass is 10.1. The Labute approximate surface area is 109 Å². The Balaban J connectivity index is 2.21. The molecule has 1 atom stereocenters. The van der Waals surface area contributed by atoms with Gasteiger partial charge in [0.25, 0.3) is 0 Å². The summed E-state index contributed by atoms with van der Waals surface area (Å²) in [5.74, 6) is -0.171. The molecule has 0 aromatic heterocycles. The summed E-state index contributed by atoms with van der Waals surface area (Å²) in [7, 11) is 0. The van der Waals surface area contributed by atoms with Gasteiger partial charge in [0, 0.05) is 0 Å². The molecule has 1 unspecified atom stereocenters. The minimum absolute atomic E-state index is 0.0698. The first kappa shape index (κ1) is 12.8. The van der Waals surface area contributed by atoms with E-state index in [2.05, 4.69) is 10.6 Å². The maximum absolute atomic E-state index is 11.8. The zero-order valence-corrected chi connectivity index (χ0v) is 10.7. The van der Waals surface area contributed by atoms with Crippen molar-refractivity contribution in [3.63, 3.8) is 0 Å². The molecule has 0 aliphatic carbocycles. The molecule has 0 radical (unpaired) electrons. The average Bonchev–Trinajstić information content (AvgIpc) is 2.35. The number of nitrogens with one attached hydrogen (secondary N) is 2. The van der Waals surface area contributed by atoms with Gasteiger partial charge in [-0.3, -0.25) is 4.79 Å². The summed E-state index contributed by atoms with van der Waals surface area (Å²) in [6.45, 7) is 0. The molecular formula is C12H14N2O3S. The van der Waals surface area contributed by atoms with Crippen LogP contribution in [0.2, 0.25) is 0 Å². The standard InChI is InChI=1S/C12H14N2O3S/c1-18-5-4-9-11(15)14-8-3-2-7(12(16)17)6-10(8)13-9/h2-3,6,9,13H,4-5H2,1H3,(H,14,15)(H,16,17). The van der Waals surface area contributed by atoms with Gasteiger partial charge in [-0.1, -0.05) is 0 Å². The first-order chi connectivity index (χ1) is 8.61. The number of thioether (sulfide) groups is 1. The molecule has 96 valence electrons. The quantitative estimate of drug-likeness (QED) is 0.775. The minimum atomic E-state index is -0.975. The van der Waals surface area contributed by atoms with E-state index in [4.69, 9.17) is 5.11 Å². The van der Waals surface area contributed by atoms with Crippen molar-refractivity contribution in [2.75, 3.05) is 22.6 Å². The summed E-state index contributed by atoms with van der Waals surface area (Å²) in [6.07, 6.45) is 2.70. The smallest absolute Gasteiger partial charge is 0.335 e. The van der Waals surface area contributed by atoms with Crippen molar-refractivity contribution in [3.05, 3.63) is 23.8 Å². The molecule has 1 aromatic rings. The number of amides is 1. The van der Waals surface area contributed by atoms with Gasteiger partial charge in [-0.2, -0.15) is 11.8 Å². The van der Waals surface area contributed by atoms with Crippen LogP contribution in [0.3, 0.4) is 0 Å². The molecule has 1 amide bonds. The Morgan fingerprint density at radius 2 is 2.22 bits per heavy atom. The number of rotatable bonds is 4. The van der Waals surface area contributed by atoms with Crippen LogP contribution in [0.5, 0.6) is 0 Å². The Kier molecular flexibility index (Phi) is 3.76. The van der Waals surface area contributed by atoms with Crippen LogP contribution in [-0.2, 0) is 4.79 Å². The second-order valence-electron chi connectivity index (χ2n) is 4.03. The molecule has 3 N–H and O–H groups in total. The number of hydrogen-bond acceptors (Lipinski definition) is 4. The Hall–Kier alpha value is -1.69. The number of anilines is 2. The van der Waals surface area contributed by atoms with Gasteiger partial charge in [-0.25, -0.2) is 4.79 Å². The van der Waals surface area contributed by atoms with Crippen LogP contribution >= 0.6 is 11.8 Å². The molecule has 0 saturated heterocycles. The van der Waals surface area contributed by atoms with E-state index in [1.54, 1.807) is 23.9 Å².